The number of ether oxygens (including phenoxy) is 2. The molecule has 29 heavy (non-hydrogen) atoms. The Balaban J connectivity index is 1.56. The largest absolute Gasteiger partial charge is 0.497 e. The molecule has 0 heterocycles. The summed E-state index contributed by atoms with van der Waals surface area (Å²) in [6, 6.07) is 19.5. The van der Waals surface area contributed by atoms with Gasteiger partial charge in [0.05, 0.1) is 23.4 Å². The number of carbonyl (C=O) groups excluding carboxylic acids is 1. The lowest BCUT2D eigenvalue weighted by atomic mass is 10.2. The Morgan fingerprint density at radius 3 is 2.38 bits per heavy atom. The minimum atomic E-state index is -0.358. The number of methoxy groups -OCH3 is 1. The van der Waals surface area contributed by atoms with Gasteiger partial charge in [-0.25, -0.2) is 5.43 Å². The summed E-state index contributed by atoms with van der Waals surface area (Å²) in [5.41, 5.74) is 4.42. The van der Waals surface area contributed by atoms with Gasteiger partial charge in [-0.3, -0.25) is 4.79 Å². The van der Waals surface area contributed by atoms with Crippen LogP contribution in [0.25, 0.3) is 0 Å². The minimum Gasteiger partial charge on any atom is -0.497 e. The van der Waals surface area contributed by atoms with Crippen molar-refractivity contribution in [3.63, 3.8) is 0 Å². The summed E-state index contributed by atoms with van der Waals surface area (Å²) in [5.74, 6) is 1.07. The molecular formula is C22H18Cl2N2O3. The topological polar surface area (TPSA) is 59.9 Å². The van der Waals surface area contributed by atoms with Crippen molar-refractivity contribution >= 4 is 35.3 Å². The number of hydrazone groups is 1. The van der Waals surface area contributed by atoms with E-state index in [2.05, 4.69) is 10.5 Å². The maximum atomic E-state index is 12.2. The van der Waals surface area contributed by atoms with E-state index in [4.69, 9.17) is 32.7 Å². The van der Waals surface area contributed by atoms with E-state index in [1.807, 2.05) is 24.3 Å². The molecule has 0 fully saturated rings. The number of nitrogens with one attached hydrogen (secondary N) is 1. The number of halogens is 2. The van der Waals surface area contributed by atoms with Crippen molar-refractivity contribution in [3.05, 3.63) is 93.5 Å². The standard InChI is InChI=1S/C22H18Cl2N2O3/c1-28-18-5-2-4-15(12-18)14-29-17-10-8-16(9-11-17)22(27)26-25-13-19-20(23)6-3-7-21(19)24/h2-13H,14H2,1H3,(H,26,27). The third-order valence-corrected chi connectivity index (χ3v) is 4.67. The number of rotatable bonds is 7. The fourth-order valence-electron chi connectivity index (χ4n) is 2.49. The fourth-order valence-corrected chi connectivity index (χ4v) is 2.98. The highest BCUT2D eigenvalue weighted by atomic mass is 35.5. The Bertz CT molecular complexity index is 1000. The van der Waals surface area contributed by atoms with Crippen LogP contribution in [0, 0.1) is 0 Å². The second kappa shape index (κ2) is 9.96. The van der Waals surface area contributed by atoms with E-state index in [9.17, 15) is 4.79 Å². The first kappa shape index (κ1) is 20.7. The van der Waals surface area contributed by atoms with Crippen molar-refractivity contribution < 1.29 is 14.3 Å². The zero-order valence-electron chi connectivity index (χ0n) is 15.6. The number of hydrogen-bond donors (Lipinski definition) is 1. The van der Waals surface area contributed by atoms with Crippen LogP contribution in [-0.4, -0.2) is 19.2 Å². The highest BCUT2D eigenvalue weighted by molar-refractivity contribution is 6.38. The van der Waals surface area contributed by atoms with E-state index in [1.165, 1.54) is 6.21 Å². The molecule has 148 valence electrons. The SMILES string of the molecule is COc1cccc(COc2ccc(C(=O)NN=Cc3c(Cl)cccc3Cl)cc2)c1. The zero-order chi connectivity index (χ0) is 20.6. The van der Waals surface area contributed by atoms with Gasteiger partial charge in [-0.2, -0.15) is 5.10 Å². The predicted molar refractivity (Wildman–Crippen MR) is 115 cm³/mol. The number of nitrogens with zero attached hydrogens (tertiary/aromatic N) is 1. The highest BCUT2D eigenvalue weighted by Gasteiger charge is 2.06. The average Bonchev–Trinajstić information content (AvgIpc) is 2.74. The number of hydrogen-bond acceptors (Lipinski definition) is 4. The van der Waals surface area contributed by atoms with Gasteiger partial charge >= 0.3 is 0 Å². The number of benzene rings is 3. The molecule has 0 bridgehead atoms. The molecular weight excluding hydrogens is 411 g/mol. The number of amides is 1. The molecule has 0 radical (unpaired) electrons. The van der Waals surface area contributed by atoms with Gasteiger partial charge in [0.15, 0.2) is 0 Å². The van der Waals surface area contributed by atoms with Gasteiger partial charge in [-0.15, -0.1) is 0 Å². The maximum absolute atomic E-state index is 12.2. The molecule has 1 N–H and O–H groups in total. The Labute approximate surface area is 178 Å². The van der Waals surface area contributed by atoms with Crippen LogP contribution in [0.1, 0.15) is 21.5 Å². The van der Waals surface area contributed by atoms with Crippen molar-refractivity contribution in [2.45, 2.75) is 6.61 Å². The van der Waals surface area contributed by atoms with Crippen LogP contribution in [0.5, 0.6) is 11.5 Å². The van der Waals surface area contributed by atoms with Crippen molar-refractivity contribution in [2.75, 3.05) is 7.11 Å². The van der Waals surface area contributed by atoms with E-state index < -0.39 is 0 Å². The summed E-state index contributed by atoms with van der Waals surface area (Å²) in [6.45, 7) is 0.394. The summed E-state index contributed by atoms with van der Waals surface area (Å²) in [5, 5.41) is 4.82. The minimum absolute atomic E-state index is 0.358. The first-order valence-corrected chi connectivity index (χ1v) is 9.45. The summed E-state index contributed by atoms with van der Waals surface area (Å²) in [7, 11) is 1.62. The van der Waals surface area contributed by atoms with E-state index >= 15 is 0 Å². The van der Waals surface area contributed by atoms with Gasteiger partial charge in [0.2, 0.25) is 0 Å². The molecule has 3 aromatic rings. The quantitative estimate of drug-likeness (QED) is 0.407. The molecule has 5 nitrogen and oxygen atoms in total. The van der Waals surface area contributed by atoms with Gasteiger partial charge in [-0.05, 0) is 54.1 Å². The Kier molecular flexibility index (Phi) is 7.11. The average molecular weight is 429 g/mol. The molecule has 0 aliphatic carbocycles. The second-order valence-corrected chi connectivity index (χ2v) is 6.81. The maximum Gasteiger partial charge on any atom is 0.271 e. The van der Waals surface area contributed by atoms with Crippen LogP contribution in [0.15, 0.2) is 71.8 Å². The first-order valence-electron chi connectivity index (χ1n) is 8.70. The van der Waals surface area contributed by atoms with Crippen LogP contribution in [0.3, 0.4) is 0 Å². The lowest BCUT2D eigenvalue weighted by Crippen LogP contribution is -2.17. The first-order chi connectivity index (χ1) is 14.1. The Hall–Kier alpha value is -3.02. The third-order valence-electron chi connectivity index (χ3n) is 4.02. The van der Waals surface area contributed by atoms with Crippen LogP contribution in [-0.2, 0) is 6.61 Å². The molecule has 0 aliphatic heterocycles. The van der Waals surface area contributed by atoms with E-state index in [1.54, 1.807) is 49.6 Å². The van der Waals surface area contributed by atoms with Gasteiger partial charge in [-0.1, -0.05) is 41.4 Å². The number of carbonyl (C=O) groups is 1. The van der Waals surface area contributed by atoms with Crippen molar-refractivity contribution in [1.82, 2.24) is 5.43 Å². The normalized spacial score (nSPS) is 10.7. The molecule has 3 rings (SSSR count). The molecule has 0 saturated heterocycles. The monoisotopic (exact) mass is 428 g/mol. The van der Waals surface area contributed by atoms with Gasteiger partial charge in [0.1, 0.15) is 18.1 Å². The van der Waals surface area contributed by atoms with Crippen LogP contribution in [0.4, 0.5) is 0 Å². The highest BCUT2D eigenvalue weighted by Crippen LogP contribution is 2.22. The second-order valence-electron chi connectivity index (χ2n) is 6.00. The van der Waals surface area contributed by atoms with Crippen molar-refractivity contribution in [3.8, 4) is 11.5 Å². The van der Waals surface area contributed by atoms with Gasteiger partial charge in [0, 0.05) is 11.1 Å². The van der Waals surface area contributed by atoms with E-state index in [0.29, 0.717) is 33.5 Å². The molecule has 0 unspecified atom stereocenters. The molecule has 7 heteroatoms. The van der Waals surface area contributed by atoms with Gasteiger partial charge in [0.25, 0.3) is 5.91 Å². The summed E-state index contributed by atoms with van der Waals surface area (Å²) in [4.78, 5) is 12.2. The lowest BCUT2D eigenvalue weighted by molar-refractivity contribution is 0.0955. The Morgan fingerprint density at radius 2 is 1.69 bits per heavy atom. The van der Waals surface area contributed by atoms with E-state index in [-0.39, 0.29) is 5.91 Å². The zero-order valence-corrected chi connectivity index (χ0v) is 17.1. The summed E-state index contributed by atoms with van der Waals surface area (Å²) in [6.07, 6.45) is 1.41. The van der Waals surface area contributed by atoms with Crippen molar-refractivity contribution in [1.29, 1.82) is 0 Å². The van der Waals surface area contributed by atoms with Crippen LogP contribution < -0.4 is 14.9 Å². The van der Waals surface area contributed by atoms with E-state index in [0.717, 1.165) is 11.3 Å². The lowest BCUT2D eigenvalue weighted by Gasteiger charge is -2.08. The molecule has 3 aromatic carbocycles. The molecule has 0 aromatic heterocycles. The third kappa shape index (κ3) is 5.73. The summed E-state index contributed by atoms with van der Waals surface area (Å²) >= 11 is 12.1. The molecule has 0 aliphatic rings. The molecule has 1 amide bonds. The van der Waals surface area contributed by atoms with Crippen LogP contribution >= 0.6 is 23.2 Å². The molecule has 0 spiro atoms. The smallest absolute Gasteiger partial charge is 0.271 e. The molecule has 0 saturated carbocycles. The van der Waals surface area contributed by atoms with Crippen LogP contribution in [0.2, 0.25) is 10.0 Å². The predicted octanol–water partition coefficient (Wildman–Crippen LogP) is 5.34. The fraction of sp³-hybridized carbons (Fsp3) is 0.0909. The molecule has 0 atom stereocenters. The van der Waals surface area contributed by atoms with Gasteiger partial charge < -0.3 is 9.47 Å². The van der Waals surface area contributed by atoms with Crippen molar-refractivity contribution in [2.24, 2.45) is 5.10 Å². The summed E-state index contributed by atoms with van der Waals surface area (Å²) < 4.78 is 10.9. The Morgan fingerprint density at radius 1 is 1.00 bits per heavy atom.